The van der Waals surface area contributed by atoms with Gasteiger partial charge in [0.1, 0.15) is 19.6 Å². The number of urea groups is 1. The molecule has 0 spiro atoms. The minimum atomic E-state index is -4.92. The summed E-state index contributed by atoms with van der Waals surface area (Å²) in [5, 5.41) is 8.47. The molecular weight excluding hydrogens is 310 g/mol. The molecule has 0 aromatic carbocycles. The van der Waals surface area contributed by atoms with Crippen molar-refractivity contribution in [2.24, 2.45) is 0 Å². The standard InChI is InChI=1S/C10H14F6N2O3/c1-2-3-17(5-9(11,12)13)8(21)18(4-7(19)20)6-10(14,15)16/h2-6H2,1H3,(H,19,20). The highest BCUT2D eigenvalue weighted by Crippen LogP contribution is 2.20. The van der Waals surface area contributed by atoms with Gasteiger partial charge in [0.25, 0.3) is 0 Å². The summed E-state index contributed by atoms with van der Waals surface area (Å²) in [6.07, 6.45) is -9.63. The van der Waals surface area contributed by atoms with Crippen molar-refractivity contribution in [3.63, 3.8) is 0 Å². The summed E-state index contributed by atoms with van der Waals surface area (Å²) in [6, 6.07) is -1.62. The van der Waals surface area contributed by atoms with Crippen molar-refractivity contribution in [1.29, 1.82) is 0 Å². The highest BCUT2D eigenvalue weighted by Gasteiger charge is 2.38. The molecule has 0 rings (SSSR count). The Hall–Kier alpha value is -1.68. The normalized spacial score (nSPS) is 12.1. The van der Waals surface area contributed by atoms with Crippen LogP contribution in [0.4, 0.5) is 31.1 Å². The fourth-order valence-corrected chi connectivity index (χ4v) is 1.50. The molecule has 0 atom stereocenters. The smallest absolute Gasteiger partial charge is 0.406 e. The van der Waals surface area contributed by atoms with E-state index in [0.29, 0.717) is 0 Å². The Labute approximate surface area is 116 Å². The van der Waals surface area contributed by atoms with Gasteiger partial charge in [-0.3, -0.25) is 4.79 Å². The lowest BCUT2D eigenvalue weighted by atomic mass is 10.4. The molecule has 1 N–H and O–H groups in total. The Morgan fingerprint density at radius 3 is 1.71 bits per heavy atom. The number of alkyl halides is 6. The third-order valence-corrected chi connectivity index (χ3v) is 2.10. The van der Waals surface area contributed by atoms with Crippen molar-refractivity contribution in [1.82, 2.24) is 9.80 Å². The summed E-state index contributed by atoms with van der Waals surface area (Å²) in [6.45, 7) is -4.02. The lowest BCUT2D eigenvalue weighted by Gasteiger charge is -2.30. The fourth-order valence-electron chi connectivity index (χ4n) is 1.50. The second-order valence-corrected chi connectivity index (χ2v) is 4.18. The maximum atomic E-state index is 12.3. The van der Waals surface area contributed by atoms with Crippen molar-refractivity contribution in [3.05, 3.63) is 0 Å². The van der Waals surface area contributed by atoms with Gasteiger partial charge in [0.2, 0.25) is 0 Å². The first-order valence-corrected chi connectivity index (χ1v) is 5.75. The van der Waals surface area contributed by atoms with Crippen LogP contribution in [0.2, 0.25) is 0 Å². The minimum Gasteiger partial charge on any atom is -0.480 e. The van der Waals surface area contributed by atoms with Crippen molar-refractivity contribution in [2.45, 2.75) is 25.7 Å². The van der Waals surface area contributed by atoms with E-state index in [4.69, 9.17) is 5.11 Å². The van der Waals surface area contributed by atoms with Gasteiger partial charge >= 0.3 is 24.4 Å². The van der Waals surface area contributed by atoms with Gasteiger partial charge in [-0.25, -0.2) is 4.79 Å². The molecule has 11 heteroatoms. The van der Waals surface area contributed by atoms with Gasteiger partial charge in [-0.1, -0.05) is 6.92 Å². The second kappa shape index (κ2) is 7.36. The molecule has 0 heterocycles. The van der Waals surface area contributed by atoms with Crippen LogP contribution < -0.4 is 0 Å². The number of halogens is 6. The second-order valence-electron chi connectivity index (χ2n) is 4.18. The predicted molar refractivity (Wildman–Crippen MR) is 58.6 cm³/mol. The molecule has 0 radical (unpaired) electrons. The molecule has 124 valence electrons. The molecule has 0 fully saturated rings. The van der Waals surface area contributed by atoms with E-state index >= 15 is 0 Å². The zero-order valence-electron chi connectivity index (χ0n) is 11.0. The van der Waals surface area contributed by atoms with Crippen LogP contribution in [-0.4, -0.2) is 65.4 Å². The highest BCUT2D eigenvalue weighted by molar-refractivity contribution is 5.80. The van der Waals surface area contributed by atoms with Crippen LogP contribution in [0, 0.1) is 0 Å². The predicted octanol–water partition coefficient (Wildman–Crippen LogP) is 2.33. The van der Waals surface area contributed by atoms with Gasteiger partial charge in [-0.15, -0.1) is 0 Å². The molecule has 5 nitrogen and oxygen atoms in total. The Balaban J connectivity index is 5.13. The summed E-state index contributed by atoms with van der Waals surface area (Å²) in [5.41, 5.74) is 0. The van der Waals surface area contributed by atoms with Gasteiger partial charge in [0.15, 0.2) is 0 Å². The summed E-state index contributed by atoms with van der Waals surface area (Å²) >= 11 is 0. The number of carbonyl (C=O) groups is 2. The van der Waals surface area contributed by atoms with Crippen LogP contribution in [-0.2, 0) is 4.79 Å². The van der Waals surface area contributed by atoms with Crippen LogP contribution >= 0.6 is 0 Å². The Morgan fingerprint density at radius 1 is 0.952 bits per heavy atom. The van der Waals surface area contributed by atoms with Crippen LogP contribution in [0.5, 0.6) is 0 Å². The van der Waals surface area contributed by atoms with E-state index in [0.717, 1.165) is 0 Å². The van der Waals surface area contributed by atoms with Gasteiger partial charge < -0.3 is 14.9 Å². The highest BCUT2D eigenvalue weighted by atomic mass is 19.4. The van der Waals surface area contributed by atoms with Crippen molar-refractivity contribution in [2.75, 3.05) is 26.2 Å². The lowest BCUT2D eigenvalue weighted by molar-refractivity contribution is -0.153. The minimum absolute atomic E-state index is 0.0781. The van der Waals surface area contributed by atoms with Crippen LogP contribution in [0.25, 0.3) is 0 Å². The zero-order chi connectivity index (χ0) is 16.8. The monoisotopic (exact) mass is 324 g/mol. The number of hydrogen-bond donors (Lipinski definition) is 1. The maximum absolute atomic E-state index is 12.3. The lowest BCUT2D eigenvalue weighted by Crippen LogP contribution is -2.51. The zero-order valence-corrected chi connectivity index (χ0v) is 11.0. The Bertz CT molecular complexity index is 369. The molecule has 0 aliphatic heterocycles. The number of hydrogen-bond acceptors (Lipinski definition) is 2. The van der Waals surface area contributed by atoms with E-state index in [9.17, 15) is 35.9 Å². The summed E-state index contributed by atoms with van der Waals surface area (Å²) in [7, 11) is 0. The first-order chi connectivity index (χ1) is 9.35. The molecule has 0 aromatic rings. The molecular formula is C10H14F6N2O3. The molecule has 0 aliphatic rings. The van der Waals surface area contributed by atoms with Gasteiger partial charge in [0.05, 0.1) is 0 Å². The number of rotatable bonds is 6. The number of carboxylic acid groups (broad SMARTS) is 1. The number of carbonyl (C=O) groups excluding carboxylic acids is 1. The van der Waals surface area contributed by atoms with E-state index in [1.165, 1.54) is 6.92 Å². The topological polar surface area (TPSA) is 60.9 Å². The van der Waals surface area contributed by atoms with E-state index in [1.54, 1.807) is 0 Å². The van der Waals surface area contributed by atoms with Gasteiger partial charge in [-0.2, -0.15) is 26.3 Å². The molecule has 2 amide bonds. The number of aliphatic carboxylic acids is 1. The molecule has 0 unspecified atom stereocenters. The molecule has 0 bridgehead atoms. The van der Waals surface area contributed by atoms with Crippen molar-refractivity contribution in [3.8, 4) is 0 Å². The quantitative estimate of drug-likeness (QED) is 0.763. The number of amides is 2. The third-order valence-electron chi connectivity index (χ3n) is 2.10. The average Bonchev–Trinajstić information content (AvgIpc) is 2.22. The average molecular weight is 324 g/mol. The van der Waals surface area contributed by atoms with Crippen LogP contribution in [0.15, 0.2) is 0 Å². The van der Waals surface area contributed by atoms with Crippen LogP contribution in [0.1, 0.15) is 13.3 Å². The largest absolute Gasteiger partial charge is 0.480 e. The fraction of sp³-hybridized carbons (Fsp3) is 0.800. The van der Waals surface area contributed by atoms with Crippen LogP contribution in [0.3, 0.4) is 0 Å². The SMILES string of the molecule is CCCN(CC(F)(F)F)C(=O)N(CC(=O)O)CC(F)(F)F. The number of nitrogens with zero attached hydrogens (tertiary/aromatic N) is 2. The molecule has 0 saturated carbocycles. The first-order valence-electron chi connectivity index (χ1n) is 5.75. The van der Waals surface area contributed by atoms with E-state index in [-0.39, 0.29) is 16.2 Å². The van der Waals surface area contributed by atoms with E-state index in [2.05, 4.69) is 0 Å². The van der Waals surface area contributed by atoms with E-state index < -0.39 is 50.5 Å². The molecule has 0 aliphatic carbocycles. The number of carboxylic acids is 1. The Morgan fingerprint density at radius 2 is 1.38 bits per heavy atom. The Kier molecular flexibility index (Phi) is 6.77. The van der Waals surface area contributed by atoms with Gasteiger partial charge in [-0.05, 0) is 6.42 Å². The maximum Gasteiger partial charge on any atom is 0.406 e. The summed E-state index contributed by atoms with van der Waals surface area (Å²) in [4.78, 5) is 22.1. The summed E-state index contributed by atoms with van der Waals surface area (Å²) in [5.74, 6) is -1.75. The summed E-state index contributed by atoms with van der Waals surface area (Å²) < 4.78 is 73.7. The van der Waals surface area contributed by atoms with Crippen molar-refractivity contribution < 1.29 is 41.0 Å². The van der Waals surface area contributed by atoms with E-state index in [1.807, 2.05) is 0 Å². The molecule has 0 saturated heterocycles. The molecule has 21 heavy (non-hydrogen) atoms. The van der Waals surface area contributed by atoms with Crippen molar-refractivity contribution >= 4 is 12.0 Å². The first kappa shape index (κ1) is 19.3. The van der Waals surface area contributed by atoms with Gasteiger partial charge in [0, 0.05) is 6.54 Å². The third kappa shape index (κ3) is 8.97. The molecule has 0 aromatic heterocycles.